The van der Waals surface area contributed by atoms with E-state index in [-0.39, 0.29) is 18.4 Å². The summed E-state index contributed by atoms with van der Waals surface area (Å²) in [6.45, 7) is 3.69. The summed E-state index contributed by atoms with van der Waals surface area (Å²) >= 11 is 1.42. The summed E-state index contributed by atoms with van der Waals surface area (Å²) in [5.74, 6) is 0.458. The Morgan fingerprint density at radius 2 is 1.84 bits per heavy atom. The van der Waals surface area contributed by atoms with Crippen molar-refractivity contribution in [3.8, 4) is 0 Å². The van der Waals surface area contributed by atoms with Gasteiger partial charge in [0.2, 0.25) is 11.8 Å². The van der Waals surface area contributed by atoms with Gasteiger partial charge in [-0.2, -0.15) is 0 Å². The first-order valence-electron chi connectivity index (χ1n) is 15.3. The molecule has 0 bridgehead atoms. The molecule has 0 saturated carbocycles. The van der Waals surface area contributed by atoms with Crippen LogP contribution in [-0.2, 0) is 32.1 Å². The van der Waals surface area contributed by atoms with Gasteiger partial charge in [0, 0.05) is 18.7 Å². The molecule has 2 fully saturated rings. The van der Waals surface area contributed by atoms with Gasteiger partial charge in [-0.05, 0) is 66.3 Å². The molecule has 1 unspecified atom stereocenters. The van der Waals surface area contributed by atoms with Crippen molar-refractivity contribution in [1.29, 1.82) is 0 Å². The number of carbonyl (C=O) groups excluding carboxylic acids is 3. The van der Waals surface area contributed by atoms with E-state index in [1.165, 1.54) is 22.2 Å². The van der Waals surface area contributed by atoms with Crippen LogP contribution in [0.3, 0.4) is 0 Å². The van der Waals surface area contributed by atoms with Crippen LogP contribution in [0.2, 0.25) is 0 Å². The van der Waals surface area contributed by atoms with Crippen LogP contribution in [0.1, 0.15) is 48.1 Å². The molecule has 2 saturated heterocycles. The van der Waals surface area contributed by atoms with Crippen LogP contribution in [0, 0.1) is 0 Å². The van der Waals surface area contributed by atoms with Gasteiger partial charge in [0.25, 0.3) is 0 Å². The highest BCUT2D eigenvalue weighted by Gasteiger charge is 2.40. The number of carbonyl (C=O) groups is 3. The molecule has 0 aromatic heterocycles. The molecule has 1 N–H and O–H groups in total. The van der Waals surface area contributed by atoms with Crippen LogP contribution in [-0.4, -0.2) is 58.6 Å². The molecule has 3 aromatic carbocycles. The molecule has 0 radical (unpaired) electrons. The number of nitrogens with zero attached hydrogens (tertiary/aromatic N) is 3. The number of thioether (sulfide) groups is 1. The number of likely N-dealkylation sites (tertiary alicyclic amines) is 1. The minimum atomic E-state index is -0.606. The minimum absolute atomic E-state index is 0.0609. The predicted molar refractivity (Wildman–Crippen MR) is 175 cm³/mol. The van der Waals surface area contributed by atoms with Crippen molar-refractivity contribution >= 4 is 46.2 Å². The maximum atomic E-state index is 13.7. The van der Waals surface area contributed by atoms with Crippen LogP contribution in [0.5, 0.6) is 0 Å². The van der Waals surface area contributed by atoms with E-state index in [2.05, 4.69) is 18.3 Å². The zero-order valence-corrected chi connectivity index (χ0v) is 26.0. The van der Waals surface area contributed by atoms with Crippen LogP contribution < -0.4 is 5.32 Å². The number of aliphatic imine (C=N–C) groups is 1. The maximum absolute atomic E-state index is 13.7. The fourth-order valence-electron chi connectivity index (χ4n) is 5.62. The van der Waals surface area contributed by atoms with E-state index < -0.39 is 17.4 Å². The second kappa shape index (κ2) is 14.0. The van der Waals surface area contributed by atoms with Gasteiger partial charge in [-0.1, -0.05) is 73.3 Å². The molecule has 0 aliphatic carbocycles. The van der Waals surface area contributed by atoms with Crippen molar-refractivity contribution in [2.24, 2.45) is 4.99 Å². The molecular formula is C35H36N4O5S. The molecule has 3 heterocycles. The largest absolute Gasteiger partial charge is 0.496 e. The Kier molecular flexibility index (Phi) is 9.49. The Labute approximate surface area is 267 Å². The Morgan fingerprint density at radius 3 is 2.60 bits per heavy atom. The number of amides is 3. The van der Waals surface area contributed by atoms with E-state index in [4.69, 9.17) is 14.5 Å². The first-order chi connectivity index (χ1) is 22.0. The van der Waals surface area contributed by atoms with Crippen LogP contribution in [0.15, 0.2) is 95.7 Å². The van der Waals surface area contributed by atoms with E-state index in [1.54, 1.807) is 17.0 Å². The van der Waals surface area contributed by atoms with Crippen LogP contribution >= 0.6 is 11.8 Å². The second-order valence-corrected chi connectivity index (χ2v) is 12.2. The van der Waals surface area contributed by atoms with Crippen LogP contribution in [0.25, 0.3) is 0 Å². The average Bonchev–Trinajstić information content (AvgIpc) is 3.83. The summed E-state index contributed by atoms with van der Waals surface area (Å²) in [6.07, 6.45) is 4.55. The predicted octanol–water partition coefficient (Wildman–Crippen LogP) is 6.60. The van der Waals surface area contributed by atoms with Gasteiger partial charge in [0.1, 0.15) is 23.7 Å². The van der Waals surface area contributed by atoms with Gasteiger partial charge < -0.3 is 14.8 Å². The SMILES string of the molecule is CCc1cccc(/N=C2\SC(c3ccc(NC(=O)[C@@H]4CCCN4C(=O)OCc4ccccc4)cc3)C(=O)N2CC2=CCCO2)c1. The molecule has 9 nitrogen and oxygen atoms in total. The third kappa shape index (κ3) is 7.23. The third-order valence-electron chi connectivity index (χ3n) is 8.06. The number of hydrogen-bond donors (Lipinski definition) is 1. The first kappa shape index (κ1) is 30.5. The fourth-order valence-corrected chi connectivity index (χ4v) is 6.79. The molecule has 232 valence electrons. The quantitative estimate of drug-likeness (QED) is 0.288. The summed E-state index contributed by atoms with van der Waals surface area (Å²) in [5, 5.41) is 3.10. The van der Waals surface area contributed by atoms with Gasteiger partial charge >= 0.3 is 6.09 Å². The fraction of sp³-hybridized carbons (Fsp3) is 0.314. The highest BCUT2D eigenvalue weighted by molar-refractivity contribution is 8.15. The lowest BCUT2D eigenvalue weighted by Crippen LogP contribution is -2.43. The number of ether oxygens (including phenoxy) is 2. The smallest absolute Gasteiger partial charge is 0.410 e. The lowest BCUT2D eigenvalue weighted by molar-refractivity contribution is -0.126. The number of benzene rings is 3. The van der Waals surface area contributed by atoms with Gasteiger partial charge in [0.05, 0.1) is 18.8 Å². The number of nitrogens with one attached hydrogen (secondary N) is 1. The average molecular weight is 625 g/mol. The number of amidine groups is 1. The van der Waals surface area contributed by atoms with E-state index in [1.807, 2.05) is 66.7 Å². The van der Waals surface area contributed by atoms with E-state index in [0.717, 1.165) is 41.8 Å². The number of anilines is 1. The normalized spacial score (nSPS) is 20.3. The highest BCUT2D eigenvalue weighted by Crippen LogP contribution is 2.41. The molecular weight excluding hydrogens is 588 g/mol. The molecule has 3 amide bonds. The molecule has 10 heteroatoms. The molecule has 3 aliphatic rings. The Balaban J connectivity index is 1.12. The Hall–Kier alpha value is -4.57. The summed E-state index contributed by atoms with van der Waals surface area (Å²) in [7, 11) is 0. The van der Waals surface area contributed by atoms with Crippen molar-refractivity contribution in [3.63, 3.8) is 0 Å². The van der Waals surface area contributed by atoms with Crippen molar-refractivity contribution in [2.45, 2.75) is 50.5 Å². The summed E-state index contributed by atoms with van der Waals surface area (Å²) < 4.78 is 11.2. The molecule has 45 heavy (non-hydrogen) atoms. The number of hydrogen-bond acceptors (Lipinski definition) is 7. The molecule has 0 spiro atoms. The summed E-state index contributed by atoms with van der Waals surface area (Å²) in [6, 6.07) is 24.2. The van der Waals surface area contributed by atoms with Gasteiger partial charge in [-0.15, -0.1) is 0 Å². The van der Waals surface area contributed by atoms with E-state index >= 15 is 0 Å². The van der Waals surface area contributed by atoms with Gasteiger partial charge in [0.15, 0.2) is 5.17 Å². The molecule has 6 rings (SSSR count). The summed E-state index contributed by atoms with van der Waals surface area (Å²) in [5.41, 5.74) is 4.28. The third-order valence-corrected chi connectivity index (χ3v) is 9.29. The van der Waals surface area contributed by atoms with Crippen molar-refractivity contribution in [2.75, 3.05) is 25.0 Å². The lowest BCUT2D eigenvalue weighted by Gasteiger charge is -2.23. The number of rotatable bonds is 9. The van der Waals surface area contributed by atoms with Crippen LogP contribution in [0.4, 0.5) is 16.2 Å². The topological polar surface area (TPSA) is 101 Å². The van der Waals surface area contributed by atoms with Crippen molar-refractivity contribution in [1.82, 2.24) is 9.80 Å². The number of aryl methyl sites for hydroxylation is 1. The molecule has 2 atom stereocenters. The lowest BCUT2D eigenvalue weighted by atomic mass is 10.1. The maximum Gasteiger partial charge on any atom is 0.410 e. The molecule has 3 aliphatic heterocycles. The standard InChI is InChI=1S/C35H36N4O5S/c1-2-24-11-6-12-28(21-24)37-34-39(22-29-13-8-20-43-29)33(41)31(45-34)26-15-17-27(18-16-26)36-32(40)30-14-7-19-38(30)35(42)44-23-25-9-4-3-5-10-25/h3-6,9-13,15-18,21,30-31H,2,7-8,14,19-20,22-23H2,1H3,(H,36,40)/b37-34-/t30-,31?/m0/s1. The Bertz CT molecular complexity index is 1610. The van der Waals surface area contributed by atoms with Crippen molar-refractivity contribution < 1.29 is 23.9 Å². The highest BCUT2D eigenvalue weighted by atomic mass is 32.2. The van der Waals surface area contributed by atoms with Gasteiger partial charge in [-0.3, -0.25) is 19.4 Å². The van der Waals surface area contributed by atoms with Crippen molar-refractivity contribution in [3.05, 3.63) is 107 Å². The van der Waals surface area contributed by atoms with E-state index in [0.29, 0.717) is 37.0 Å². The molecule has 3 aromatic rings. The second-order valence-electron chi connectivity index (χ2n) is 11.2. The first-order valence-corrected chi connectivity index (χ1v) is 16.2. The zero-order chi connectivity index (χ0) is 31.2. The monoisotopic (exact) mass is 624 g/mol. The van der Waals surface area contributed by atoms with Gasteiger partial charge in [-0.25, -0.2) is 9.79 Å². The minimum Gasteiger partial charge on any atom is -0.496 e. The summed E-state index contributed by atoms with van der Waals surface area (Å²) in [4.78, 5) is 47.8. The zero-order valence-electron chi connectivity index (χ0n) is 25.2. The van der Waals surface area contributed by atoms with E-state index in [9.17, 15) is 14.4 Å². The Morgan fingerprint density at radius 1 is 1.04 bits per heavy atom.